The Morgan fingerprint density at radius 1 is 1.33 bits per heavy atom. The molecule has 0 spiro atoms. The first kappa shape index (κ1) is 15.6. The third kappa shape index (κ3) is 2.59. The lowest BCUT2D eigenvalue weighted by molar-refractivity contribution is 0.509. The summed E-state index contributed by atoms with van der Waals surface area (Å²) in [6.07, 6.45) is 5.00. The van der Waals surface area contributed by atoms with E-state index < -0.39 is 0 Å². The number of aromatic nitrogens is 2. The first-order valence-electron chi connectivity index (χ1n) is 8.58. The topological polar surface area (TPSA) is 34.9 Å². The number of aryl methyl sites for hydroxylation is 3. The molecule has 0 bridgehead atoms. The van der Waals surface area contributed by atoms with E-state index in [2.05, 4.69) is 44.0 Å². The third-order valence-corrected chi connectivity index (χ3v) is 6.29. The molecule has 3 nitrogen and oxygen atoms in total. The van der Waals surface area contributed by atoms with Crippen LogP contribution in [-0.4, -0.2) is 9.55 Å². The van der Waals surface area contributed by atoms with Crippen molar-refractivity contribution in [3.63, 3.8) is 0 Å². The largest absolute Gasteiger partial charge is 0.294 e. The second kappa shape index (κ2) is 5.85. The molecule has 3 aromatic rings. The molecule has 0 amide bonds. The summed E-state index contributed by atoms with van der Waals surface area (Å²) in [5.74, 6) is 0.711. The van der Waals surface area contributed by atoms with Gasteiger partial charge in [0, 0.05) is 4.88 Å². The number of fused-ring (bicyclic) bond motifs is 3. The van der Waals surface area contributed by atoms with Crippen molar-refractivity contribution in [2.45, 2.75) is 46.6 Å². The standard InChI is InChI=1S/C20H22N2OS/c1-12-4-6-14(3)15(8-12)10-22-11-21-19-18(20(22)23)16-7-5-13(2)9-17(16)24-19/h4,6,8,11,13H,5,7,9-10H2,1-3H3. The number of nitrogens with zero attached hydrogens (tertiary/aromatic N) is 2. The molecule has 0 saturated carbocycles. The number of hydrogen-bond acceptors (Lipinski definition) is 3. The monoisotopic (exact) mass is 338 g/mol. The molecule has 0 fully saturated rings. The Bertz CT molecular complexity index is 983. The van der Waals surface area contributed by atoms with Crippen molar-refractivity contribution < 1.29 is 0 Å². The fourth-order valence-corrected chi connectivity index (χ4v) is 4.97. The van der Waals surface area contributed by atoms with E-state index in [4.69, 9.17) is 0 Å². The van der Waals surface area contributed by atoms with E-state index in [1.807, 2.05) is 0 Å². The fraction of sp³-hybridized carbons (Fsp3) is 0.400. The molecule has 1 aliphatic rings. The minimum Gasteiger partial charge on any atom is -0.294 e. The van der Waals surface area contributed by atoms with Crippen molar-refractivity contribution in [2.24, 2.45) is 5.92 Å². The Morgan fingerprint density at radius 3 is 3.00 bits per heavy atom. The molecule has 124 valence electrons. The molecule has 24 heavy (non-hydrogen) atoms. The summed E-state index contributed by atoms with van der Waals surface area (Å²) in [5.41, 5.74) is 5.01. The molecule has 1 unspecified atom stereocenters. The zero-order valence-electron chi connectivity index (χ0n) is 14.4. The zero-order valence-corrected chi connectivity index (χ0v) is 15.2. The van der Waals surface area contributed by atoms with Crippen molar-refractivity contribution in [1.29, 1.82) is 0 Å². The van der Waals surface area contributed by atoms with Crippen LogP contribution in [0.5, 0.6) is 0 Å². The maximum atomic E-state index is 13.1. The van der Waals surface area contributed by atoms with Gasteiger partial charge in [-0.05, 0) is 55.7 Å². The van der Waals surface area contributed by atoms with E-state index in [-0.39, 0.29) is 5.56 Å². The highest BCUT2D eigenvalue weighted by atomic mass is 32.1. The Morgan fingerprint density at radius 2 is 2.17 bits per heavy atom. The molecule has 1 atom stereocenters. The van der Waals surface area contributed by atoms with Crippen molar-refractivity contribution >= 4 is 21.6 Å². The van der Waals surface area contributed by atoms with Crippen LogP contribution in [0.3, 0.4) is 0 Å². The van der Waals surface area contributed by atoms with Gasteiger partial charge in [-0.25, -0.2) is 4.98 Å². The molecule has 0 aliphatic heterocycles. The third-order valence-electron chi connectivity index (χ3n) is 5.13. The Kier molecular flexibility index (Phi) is 3.80. The van der Waals surface area contributed by atoms with Gasteiger partial charge in [0.1, 0.15) is 4.83 Å². The molecule has 0 N–H and O–H groups in total. The van der Waals surface area contributed by atoms with Crippen molar-refractivity contribution in [3.8, 4) is 0 Å². The number of benzene rings is 1. The molecule has 0 saturated heterocycles. The molecule has 1 aliphatic carbocycles. The lowest BCUT2D eigenvalue weighted by atomic mass is 9.89. The van der Waals surface area contributed by atoms with E-state index in [0.717, 1.165) is 23.1 Å². The van der Waals surface area contributed by atoms with Crippen LogP contribution in [0.4, 0.5) is 0 Å². The van der Waals surface area contributed by atoms with Gasteiger partial charge in [0.25, 0.3) is 5.56 Å². The molecule has 1 aromatic carbocycles. The summed E-state index contributed by atoms with van der Waals surface area (Å²) in [7, 11) is 0. The molecule has 4 rings (SSSR count). The molecule has 2 aromatic heterocycles. The number of thiophene rings is 1. The second-order valence-corrected chi connectivity index (χ2v) is 8.22. The van der Waals surface area contributed by atoms with Gasteiger partial charge in [-0.3, -0.25) is 9.36 Å². The minimum atomic E-state index is 0.118. The van der Waals surface area contributed by atoms with Gasteiger partial charge in [-0.15, -0.1) is 11.3 Å². The minimum absolute atomic E-state index is 0.118. The van der Waals surface area contributed by atoms with Crippen LogP contribution in [0.1, 0.15) is 40.5 Å². The van der Waals surface area contributed by atoms with Crippen molar-refractivity contribution in [2.75, 3.05) is 0 Å². The molecule has 4 heteroatoms. The Hall–Kier alpha value is -1.94. The first-order chi connectivity index (χ1) is 11.5. The Balaban J connectivity index is 1.81. The van der Waals surface area contributed by atoms with Crippen molar-refractivity contribution in [1.82, 2.24) is 9.55 Å². The maximum absolute atomic E-state index is 13.1. The normalized spacial score (nSPS) is 17.2. The smallest absolute Gasteiger partial charge is 0.262 e. The summed E-state index contributed by atoms with van der Waals surface area (Å²) in [4.78, 5) is 20.0. The van der Waals surface area contributed by atoms with Gasteiger partial charge in [-0.2, -0.15) is 0 Å². The van der Waals surface area contributed by atoms with Crippen molar-refractivity contribution in [3.05, 3.63) is 62.0 Å². The Labute approximate surface area is 146 Å². The molecule has 0 radical (unpaired) electrons. The zero-order chi connectivity index (χ0) is 16.8. The highest BCUT2D eigenvalue weighted by Crippen LogP contribution is 2.35. The summed E-state index contributed by atoms with van der Waals surface area (Å²) in [6, 6.07) is 6.39. The van der Waals surface area contributed by atoms with Gasteiger partial charge in [0.2, 0.25) is 0 Å². The van der Waals surface area contributed by atoms with Gasteiger partial charge in [0.05, 0.1) is 18.3 Å². The number of rotatable bonds is 2. The number of hydrogen-bond donors (Lipinski definition) is 0. The van der Waals surface area contributed by atoms with Crippen LogP contribution in [0, 0.1) is 19.8 Å². The SMILES string of the molecule is Cc1ccc(C)c(Cn2cnc3sc4c(c3c2=O)CCC(C)C4)c1. The average Bonchev–Trinajstić information content (AvgIpc) is 2.91. The van der Waals surface area contributed by atoms with E-state index >= 15 is 0 Å². The predicted molar refractivity (Wildman–Crippen MR) is 100 cm³/mol. The van der Waals surface area contributed by atoms with E-state index in [1.165, 1.54) is 33.6 Å². The van der Waals surface area contributed by atoms with E-state index in [0.29, 0.717) is 12.5 Å². The molecule has 2 heterocycles. The van der Waals surface area contributed by atoms with Crippen LogP contribution in [-0.2, 0) is 19.4 Å². The molecular formula is C20H22N2OS. The molecular weight excluding hydrogens is 316 g/mol. The summed E-state index contributed by atoms with van der Waals surface area (Å²) >= 11 is 1.71. The van der Waals surface area contributed by atoms with Gasteiger partial charge < -0.3 is 0 Å². The predicted octanol–water partition coefficient (Wildman–Crippen LogP) is 4.25. The van der Waals surface area contributed by atoms with Crippen LogP contribution in [0.15, 0.2) is 29.3 Å². The van der Waals surface area contributed by atoms with E-state index in [9.17, 15) is 4.79 Å². The lowest BCUT2D eigenvalue weighted by Crippen LogP contribution is -2.22. The van der Waals surface area contributed by atoms with E-state index in [1.54, 1.807) is 22.2 Å². The van der Waals surface area contributed by atoms with Gasteiger partial charge in [0.15, 0.2) is 0 Å². The average molecular weight is 338 g/mol. The first-order valence-corrected chi connectivity index (χ1v) is 9.40. The van der Waals surface area contributed by atoms with Crippen LogP contribution in [0.25, 0.3) is 10.2 Å². The maximum Gasteiger partial charge on any atom is 0.262 e. The van der Waals surface area contributed by atoms with Crippen LogP contribution in [0.2, 0.25) is 0 Å². The summed E-state index contributed by atoms with van der Waals surface area (Å²) in [5, 5.41) is 0.870. The quantitative estimate of drug-likeness (QED) is 0.700. The lowest BCUT2D eigenvalue weighted by Gasteiger charge is -2.17. The fourth-order valence-electron chi connectivity index (χ4n) is 3.63. The highest BCUT2D eigenvalue weighted by molar-refractivity contribution is 7.18. The van der Waals surface area contributed by atoms with Gasteiger partial charge in [-0.1, -0.05) is 30.7 Å². The second-order valence-electron chi connectivity index (χ2n) is 7.14. The van der Waals surface area contributed by atoms with Crippen LogP contribution >= 0.6 is 11.3 Å². The van der Waals surface area contributed by atoms with Crippen LogP contribution < -0.4 is 5.56 Å². The summed E-state index contributed by atoms with van der Waals surface area (Å²) in [6.45, 7) is 7.07. The highest BCUT2D eigenvalue weighted by Gasteiger charge is 2.23. The summed E-state index contributed by atoms with van der Waals surface area (Å²) < 4.78 is 1.77. The van der Waals surface area contributed by atoms with Gasteiger partial charge >= 0.3 is 0 Å².